The molecule has 7 heteroatoms. The first kappa shape index (κ1) is 19.7. The van der Waals surface area contributed by atoms with E-state index in [0.717, 1.165) is 11.4 Å². The van der Waals surface area contributed by atoms with Crippen LogP contribution in [0.2, 0.25) is 0 Å². The Labute approximate surface area is 164 Å². The van der Waals surface area contributed by atoms with Crippen molar-refractivity contribution in [3.8, 4) is 5.75 Å². The maximum absolute atomic E-state index is 12.7. The third-order valence-electron chi connectivity index (χ3n) is 4.68. The fourth-order valence-corrected chi connectivity index (χ4v) is 3.09. The van der Waals surface area contributed by atoms with Crippen LogP contribution in [0, 0.1) is 16.0 Å². The van der Waals surface area contributed by atoms with E-state index >= 15 is 0 Å². The van der Waals surface area contributed by atoms with Gasteiger partial charge in [-0.1, -0.05) is 13.8 Å². The molecule has 0 radical (unpaired) electrons. The molecular formula is C21H25N3O4. The lowest BCUT2D eigenvalue weighted by atomic mass is 10.1. The zero-order valence-electron chi connectivity index (χ0n) is 16.2. The minimum atomic E-state index is -0.403. The van der Waals surface area contributed by atoms with Crippen LogP contribution >= 0.6 is 0 Å². The largest absolute Gasteiger partial charge is 0.493 e. The summed E-state index contributed by atoms with van der Waals surface area (Å²) in [6, 6.07) is 13.8. The average Bonchev–Trinajstić information content (AvgIpc) is 2.72. The molecule has 0 unspecified atom stereocenters. The molecule has 0 aliphatic carbocycles. The van der Waals surface area contributed by atoms with Crippen LogP contribution in [0.3, 0.4) is 0 Å². The van der Waals surface area contributed by atoms with Crippen LogP contribution in [0.4, 0.5) is 11.4 Å². The van der Waals surface area contributed by atoms with E-state index in [4.69, 9.17) is 4.74 Å². The second-order valence-corrected chi connectivity index (χ2v) is 7.28. The molecule has 0 aromatic heterocycles. The molecule has 2 aromatic carbocycles. The van der Waals surface area contributed by atoms with Gasteiger partial charge in [-0.15, -0.1) is 0 Å². The number of nitro benzene ring substituents is 1. The van der Waals surface area contributed by atoms with Crippen molar-refractivity contribution in [2.45, 2.75) is 13.8 Å². The molecule has 1 amide bonds. The number of non-ortho nitro benzene ring substituents is 1. The summed E-state index contributed by atoms with van der Waals surface area (Å²) in [6.07, 6.45) is 0. The maximum atomic E-state index is 12.7. The van der Waals surface area contributed by atoms with Crippen molar-refractivity contribution in [1.29, 1.82) is 0 Å². The van der Waals surface area contributed by atoms with E-state index in [9.17, 15) is 14.9 Å². The molecule has 1 heterocycles. The molecule has 2 aromatic rings. The lowest BCUT2D eigenvalue weighted by Gasteiger charge is -2.36. The van der Waals surface area contributed by atoms with E-state index in [1.165, 1.54) is 12.1 Å². The smallest absolute Gasteiger partial charge is 0.269 e. The number of ether oxygens (including phenoxy) is 1. The van der Waals surface area contributed by atoms with Gasteiger partial charge in [-0.3, -0.25) is 14.9 Å². The van der Waals surface area contributed by atoms with Gasteiger partial charge in [0.2, 0.25) is 0 Å². The monoisotopic (exact) mass is 383 g/mol. The number of anilines is 1. The predicted molar refractivity (Wildman–Crippen MR) is 108 cm³/mol. The molecule has 1 fully saturated rings. The first-order valence-electron chi connectivity index (χ1n) is 9.45. The third-order valence-corrected chi connectivity index (χ3v) is 4.68. The highest BCUT2D eigenvalue weighted by Gasteiger charge is 2.22. The number of hydrogen-bond donors (Lipinski definition) is 0. The van der Waals surface area contributed by atoms with Crippen molar-refractivity contribution in [2.24, 2.45) is 5.92 Å². The summed E-state index contributed by atoms with van der Waals surface area (Å²) < 4.78 is 5.66. The molecule has 28 heavy (non-hydrogen) atoms. The van der Waals surface area contributed by atoms with Gasteiger partial charge in [0.1, 0.15) is 5.75 Å². The molecular weight excluding hydrogens is 358 g/mol. The Hall–Kier alpha value is -3.09. The van der Waals surface area contributed by atoms with Crippen molar-refractivity contribution in [1.82, 2.24) is 4.90 Å². The summed E-state index contributed by atoms with van der Waals surface area (Å²) >= 11 is 0. The van der Waals surface area contributed by atoms with Crippen molar-refractivity contribution in [2.75, 3.05) is 37.7 Å². The Morgan fingerprint density at radius 1 is 1.04 bits per heavy atom. The Kier molecular flexibility index (Phi) is 6.13. The molecule has 1 aliphatic rings. The van der Waals surface area contributed by atoms with Crippen molar-refractivity contribution >= 4 is 17.3 Å². The summed E-state index contributed by atoms with van der Waals surface area (Å²) in [4.78, 5) is 27.1. The second-order valence-electron chi connectivity index (χ2n) is 7.28. The Morgan fingerprint density at radius 3 is 2.18 bits per heavy atom. The second kappa shape index (κ2) is 8.73. The molecule has 1 aliphatic heterocycles. The van der Waals surface area contributed by atoms with Gasteiger partial charge in [0.25, 0.3) is 11.6 Å². The highest BCUT2D eigenvalue weighted by Crippen LogP contribution is 2.21. The topological polar surface area (TPSA) is 75.9 Å². The molecule has 0 spiro atoms. The van der Waals surface area contributed by atoms with E-state index in [0.29, 0.717) is 44.3 Å². The molecule has 0 saturated carbocycles. The van der Waals surface area contributed by atoms with Crippen LogP contribution in [-0.2, 0) is 0 Å². The summed E-state index contributed by atoms with van der Waals surface area (Å²) in [5, 5.41) is 10.8. The van der Waals surface area contributed by atoms with Gasteiger partial charge in [0.15, 0.2) is 0 Å². The van der Waals surface area contributed by atoms with Crippen LogP contribution in [0.25, 0.3) is 0 Å². The fourth-order valence-electron chi connectivity index (χ4n) is 3.09. The first-order chi connectivity index (χ1) is 13.4. The normalized spacial score (nSPS) is 14.2. The number of carbonyl (C=O) groups excluding carboxylic acids is 1. The van der Waals surface area contributed by atoms with Gasteiger partial charge >= 0.3 is 0 Å². The summed E-state index contributed by atoms with van der Waals surface area (Å²) in [7, 11) is 0. The number of carbonyl (C=O) groups is 1. The minimum absolute atomic E-state index is 0.0127. The molecule has 7 nitrogen and oxygen atoms in total. The van der Waals surface area contributed by atoms with E-state index in [1.807, 2.05) is 17.0 Å². The molecule has 0 bridgehead atoms. The summed E-state index contributed by atoms with van der Waals surface area (Å²) in [5.41, 5.74) is 1.67. The number of nitro groups is 1. The van der Waals surface area contributed by atoms with E-state index in [2.05, 4.69) is 18.7 Å². The van der Waals surface area contributed by atoms with Gasteiger partial charge < -0.3 is 14.5 Å². The zero-order valence-corrected chi connectivity index (χ0v) is 16.2. The lowest BCUT2D eigenvalue weighted by Crippen LogP contribution is -2.48. The number of piperazine rings is 1. The van der Waals surface area contributed by atoms with Crippen molar-refractivity contribution in [3.05, 3.63) is 64.2 Å². The van der Waals surface area contributed by atoms with Crippen LogP contribution in [0.15, 0.2) is 48.5 Å². The van der Waals surface area contributed by atoms with Gasteiger partial charge in [-0.25, -0.2) is 0 Å². The molecule has 148 valence electrons. The maximum Gasteiger partial charge on any atom is 0.269 e. The quantitative estimate of drug-likeness (QED) is 0.563. The third kappa shape index (κ3) is 4.79. The standard InChI is InChI=1S/C21H25N3O4/c1-16(2)15-28-20-9-3-17(4-10-20)21(25)23-13-11-22(12-14-23)18-5-7-19(8-6-18)24(26)27/h3-10,16H,11-15H2,1-2H3. The number of amides is 1. The molecule has 0 N–H and O–H groups in total. The number of hydrogen-bond acceptors (Lipinski definition) is 5. The van der Waals surface area contributed by atoms with Crippen molar-refractivity contribution in [3.63, 3.8) is 0 Å². The minimum Gasteiger partial charge on any atom is -0.493 e. The highest BCUT2D eigenvalue weighted by atomic mass is 16.6. The van der Waals surface area contributed by atoms with E-state index in [1.54, 1.807) is 24.3 Å². The summed E-state index contributed by atoms with van der Waals surface area (Å²) in [6.45, 7) is 7.45. The number of rotatable bonds is 6. The van der Waals surface area contributed by atoms with Crippen LogP contribution in [-0.4, -0.2) is 48.5 Å². The Balaban J connectivity index is 1.55. The van der Waals surface area contributed by atoms with Crippen molar-refractivity contribution < 1.29 is 14.5 Å². The SMILES string of the molecule is CC(C)COc1ccc(C(=O)N2CCN(c3ccc([N+](=O)[O-])cc3)CC2)cc1. The first-order valence-corrected chi connectivity index (χ1v) is 9.45. The average molecular weight is 383 g/mol. The molecule has 3 rings (SSSR count). The van der Waals surface area contributed by atoms with Crippen LogP contribution < -0.4 is 9.64 Å². The van der Waals surface area contributed by atoms with Gasteiger partial charge in [-0.05, 0) is 42.3 Å². The van der Waals surface area contributed by atoms with Crippen LogP contribution in [0.5, 0.6) is 5.75 Å². The number of nitrogens with zero attached hydrogens (tertiary/aromatic N) is 3. The highest BCUT2D eigenvalue weighted by molar-refractivity contribution is 5.94. The molecule has 1 saturated heterocycles. The molecule has 0 atom stereocenters. The zero-order chi connectivity index (χ0) is 20.1. The Morgan fingerprint density at radius 2 is 1.64 bits per heavy atom. The van der Waals surface area contributed by atoms with E-state index < -0.39 is 4.92 Å². The predicted octanol–water partition coefficient (Wildman–Crippen LogP) is 3.59. The fraction of sp³-hybridized carbons (Fsp3) is 0.381. The van der Waals surface area contributed by atoms with Gasteiger partial charge in [-0.2, -0.15) is 0 Å². The van der Waals surface area contributed by atoms with E-state index in [-0.39, 0.29) is 11.6 Å². The van der Waals surface area contributed by atoms with Gasteiger partial charge in [0, 0.05) is 49.6 Å². The summed E-state index contributed by atoms with van der Waals surface area (Å²) in [5.74, 6) is 1.24. The Bertz CT molecular complexity index is 811. The lowest BCUT2D eigenvalue weighted by molar-refractivity contribution is -0.384. The van der Waals surface area contributed by atoms with Gasteiger partial charge in [0.05, 0.1) is 11.5 Å². The van der Waals surface area contributed by atoms with Crippen LogP contribution in [0.1, 0.15) is 24.2 Å². The number of benzene rings is 2.